The van der Waals surface area contributed by atoms with Crippen molar-refractivity contribution in [3.05, 3.63) is 24.3 Å². The Morgan fingerprint density at radius 2 is 0.650 bits per heavy atom. The van der Waals surface area contributed by atoms with Gasteiger partial charge in [-0.05, 0) is 44.9 Å². The number of rotatable bonds is 59. The van der Waals surface area contributed by atoms with E-state index in [0.29, 0.717) is 12.8 Å². The number of carbonyl (C=O) groups is 3. The maximum atomic E-state index is 13.7. The van der Waals surface area contributed by atoms with E-state index in [2.05, 4.69) is 41.9 Å². The van der Waals surface area contributed by atoms with Crippen LogP contribution in [0.4, 0.5) is 0 Å². The second-order valence-electron chi connectivity index (χ2n) is 33.1. The van der Waals surface area contributed by atoms with E-state index in [1.54, 1.807) is 6.08 Å². The summed E-state index contributed by atoms with van der Waals surface area (Å²) in [6.45, 7) is -0.127. The smallest absolute Gasteiger partial charge is 0.220 e. The number of ether oxygens (including phenoxy) is 12. The Morgan fingerprint density at radius 1 is 0.325 bits per heavy atom. The first-order valence-corrected chi connectivity index (χ1v) is 44.6. The third-order valence-electron chi connectivity index (χ3n) is 23.4. The van der Waals surface area contributed by atoms with E-state index < -0.39 is 254 Å². The van der Waals surface area contributed by atoms with Crippen LogP contribution >= 0.6 is 0 Å². The number of unbranched alkanes of at least 4 members (excludes halogenated alkanes) is 30. The van der Waals surface area contributed by atoms with Gasteiger partial charge in [-0.15, -0.1) is 0 Å². The molecule has 0 bridgehead atoms. The highest BCUT2D eigenvalue weighted by Crippen LogP contribution is 2.39. The minimum atomic E-state index is -2.35. The quantitative estimate of drug-likeness (QED) is 0.0291. The van der Waals surface area contributed by atoms with Crippen LogP contribution in [0.1, 0.15) is 246 Å². The van der Waals surface area contributed by atoms with Gasteiger partial charge in [0.25, 0.3) is 0 Å². The lowest BCUT2D eigenvalue weighted by Crippen LogP contribution is -2.71. The molecule has 0 aromatic heterocycles. The normalized spacial score (nSPS) is 35.6. The molecular weight excluding hydrogens is 1580 g/mol. The zero-order valence-corrected chi connectivity index (χ0v) is 70.9. The highest BCUT2D eigenvalue weighted by molar-refractivity contribution is 5.76. The number of carbonyl (C=O) groups excluding carboxylic acids is 3. The number of amides is 3. The molecule has 21 N–H and O–H groups in total. The largest absolute Gasteiger partial charge is 0.394 e. The molecule has 0 aromatic rings. The first-order valence-electron chi connectivity index (χ1n) is 44.6. The number of hydrogen-bond donors (Lipinski definition) is 21. The van der Waals surface area contributed by atoms with Crippen molar-refractivity contribution in [2.24, 2.45) is 0 Å². The van der Waals surface area contributed by atoms with Crippen LogP contribution in [0.3, 0.4) is 0 Å². The number of aliphatic hydroxyl groups is 18. The second kappa shape index (κ2) is 58.2. The van der Waals surface area contributed by atoms with Crippen LogP contribution in [0.2, 0.25) is 0 Å². The third kappa shape index (κ3) is 33.7. The summed E-state index contributed by atoms with van der Waals surface area (Å²) in [5.41, 5.74) is 0. The van der Waals surface area contributed by atoms with Crippen LogP contribution in [-0.4, -0.2) is 352 Å². The van der Waals surface area contributed by atoms with Gasteiger partial charge in [0.05, 0.1) is 58.4 Å². The molecule has 12 unspecified atom stereocenters. The average Bonchev–Trinajstić information content (AvgIpc) is 0.761. The Bertz CT molecular complexity index is 2790. The van der Waals surface area contributed by atoms with E-state index in [-0.39, 0.29) is 12.3 Å². The fraction of sp³-hybridized carbons (Fsp3) is 0.917. The Balaban J connectivity index is 1.14. The molecule has 6 rings (SSSR count). The Hall–Kier alpha value is -3.31. The molecule has 6 aliphatic rings. The summed E-state index contributed by atoms with van der Waals surface area (Å²) in [5, 5.41) is 209. The molecule has 6 heterocycles. The van der Waals surface area contributed by atoms with Crippen molar-refractivity contribution >= 4 is 17.7 Å². The van der Waals surface area contributed by atoms with E-state index in [9.17, 15) is 106 Å². The fourth-order valence-electron chi connectivity index (χ4n) is 16.2. The second-order valence-corrected chi connectivity index (χ2v) is 33.1. The molecule has 6 fully saturated rings. The molecule has 3 amide bonds. The summed E-state index contributed by atoms with van der Waals surface area (Å²) in [4.78, 5) is 39.6. The number of nitrogens with one attached hydrogen (secondary N) is 3. The maximum Gasteiger partial charge on any atom is 0.220 e. The monoisotopic (exact) mass is 1730 g/mol. The average molecular weight is 1730 g/mol. The Labute approximate surface area is 706 Å². The fourth-order valence-corrected chi connectivity index (χ4v) is 16.2. The van der Waals surface area contributed by atoms with Crippen LogP contribution in [-0.2, 0) is 71.2 Å². The van der Waals surface area contributed by atoms with E-state index in [1.807, 2.05) is 6.08 Å². The van der Waals surface area contributed by atoms with Crippen molar-refractivity contribution in [1.29, 1.82) is 0 Å². The van der Waals surface area contributed by atoms with Gasteiger partial charge in [0.15, 0.2) is 37.7 Å². The Kier molecular flexibility index (Phi) is 51.2. The first kappa shape index (κ1) is 105. The molecule has 32 atom stereocenters. The predicted molar refractivity (Wildman–Crippen MR) is 431 cm³/mol. The van der Waals surface area contributed by atoms with Crippen molar-refractivity contribution in [2.45, 2.75) is 442 Å². The number of aliphatic hydroxyl groups excluding tert-OH is 18. The summed E-state index contributed by atoms with van der Waals surface area (Å²) in [6.07, 6.45) is -9.95. The molecule has 700 valence electrons. The molecule has 36 heteroatoms. The first-order chi connectivity index (χ1) is 57.8. The van der Waals surface area contributed by atoms with Crippen molar-refractivity contribution in [1.82, 2.24) is 16.0 Å². The highest BCUT2D eigenvalue weighted by atomic mass is 16.8. The number of allylic oxidation sites excluding steroid dienone is 3. The van der Waals surface area contributed by atoms with Gasteiger partial charge in [0.1, 0.15) is 146 Å². The van der Waals surface area contributed by atoms with Gasteiger partial charge in [-0.1, -0.05) is 205 Å². The summed E-state index contributed by atoms with van der Waals surface area (Å²) in [6, 6.07) is -4.75. The summed E-state index contributed by atoms with van der Waals surface area (Å²) >= 11 is 0. The predicted octanol–water partition coefficient (Wildman–Crippen LogP) is 0.473. The minimum absolute atomic E-state index is 0.148. The van der Waals surface area contributed by atoms with Crippen LogP contribution in [0.5, 0.6) is 0 Å². The zero-order valence-electron chi connectivity index (χ0n) is 70.9. The standard InChI is InChI=1S/C84H151N3O33/c1-5-7-9-11-13-15-17-19-20-21-22-23-24-25-26-27-28-30-32-34-36-38-40-42-60(97)87-52(53(96)41-39-37-35-33-31-29-18-16-14-12-10-8-6-2)49-109-81-71(106)69(104)75(58(47-92)114-81)117-84-73(108)78(76(59(48-93)115-84)118-79-61(85-50(3)94)66(101)63(98)54(43-88)110-79)120-80-62(86-51(4)95)67(102)74(57(46-91)113-80)116-83-72(107)77(65(100)56(45-90)112-83)119-82-70(105)68(103)64(99)55(44-89)111-82/h19-20,39,41,52-59,61-84,88-93,96,98-108H,5-18,21-38,40,42-49H2,1-4H3,(H,85,94)(H,86,95)(H,87,97)/b20-19-,41-39+/t52-,53+,54?,55?,56?,57?,58?,59?,61?,62?,63-,64-,65-,66+,67+,68-,69+,70?,71?,72?,73?,74+,75+,76-,77-,78+,79-,80-,81+,82-,83-,84-/m0/s1. The van der Waals surface area contributed by atoms with E-state index in [4.69, 9.17) is 56.8 Å². The van der Waals surface area contributed by atoms with Crippen LogP contribution < -0.4 is 16.0 Å². The van der Waals surface area contributed by atoms with Gasteiger partial charge in [0, 0.05) is 20.3 Å². The van der Waals surface area contributed by atoms with Gasteiger partial charge in [-0.3, -0.25) is 14.4 Å². The van der Waals surface area contributed by atoms with Crippen LogP contribution in [0, 0.1) is 0 Å². The molecule has 120 heavy (non-hydrogen) atoms. The van der Waals surface area contributed by atoms with Crippen molar-refractivity contribution in [2.75, 3.05) is 46.2 Å². The Morgan fingerprint density at radius 3 is 1.11 bits per heavy atom. The topological polar surface area (TPSA) is 562 Å². The molecule has 0 radical (unpaired) electrons. The summed E-state index contributed by atoms with van der Waals surface area (Å²) in [7, 11) is 0. The van der Waals surface area contributed by atoms with E-state index in [0.717, 1.165) is 71.6 Å². The molecule has 0 aliphatic carbocycles. The SMILES string of the molecule is CCCCCCCC/C=C\CCCCCCCCCCCCCCCC(=O)N[C@@H](CO[C@@H]1OC(CO)[C@@H](O[C@@H]2OC(CO)[C@H](O[C@@H]3OC(CO)[C@H](O)[C@H](O)C3NC(C)=O)[C@H](O[C@@H]3OC(CO)[C@@H](O[C@@H]4OC(CO)[C@H](O)[C@H](O[C@@H]5OC(CO)[C@H](O)[C@H](O)C5O)C4O)[C@H](O)C3NC(C)=O)C2O)[C@H](O)C1O)[C@H](O)/C=C/CCCCCCCCCCCCC. The molecule has 36 nitrogen and oxygen atoms in total. The number of hydrogen-bond acceptors (Lipinski definition) is 33. The van der Waals surface area contributed by atoms with Crippen LogP contribution in [0.25, 0.3) is 0 Å². The van der Waals surface area contributed by atoms with Crippen molar-refractivity contribution < 1.29 is 163 Å². The van der Waals surface area contributed by atoms with Gasteiger partial charge in [-0.2, -0.15) is 0 Å². The van der Waals surface area contributed by atoms with Crippen molar-refractivity contribution in [3.8, 4) is 0 Å². The summed E-state index contributed by atoms with van der Waals surface area (Å²) in [5.74, 6) is -2.08. The molecule has 6 aliphatic heterocycles. The third-order valence-corrected chi connectivity index (χ3v) is 23.4. The molecule has 0 saturated carbocycles. The molecular formula is C84H151N3O33. The van der Waals surface area contributed by atoms with E-state index in [1.165, 1.54) is 141 Å². The van der Waals surface area contributed by atoms with E-state index >= 15 is 0 Å². The molecule has 6 saturated heterocycles. The van der Waals surface area contributed by atoms with Gasteiger partial charge in [0.2, 0.25) is 17.7 Å². The van der Waals surface area contributed by atoms with Gasteiger partial charge in [-0.25, -0.2) is 0 Å². The minimum Gasteiger partial charge on any atom is -0.394 e. The maximum absolute atomic E-state index is 13.7. The van der Waals surface area contributed by atoms with Crippen LogP contribution in [0.15, 0.2) is 24.3 Å². The van der Waals surface area contributed by atoms with Crippen molar-refractivity contribution in [3.63, 3.8) is 0 Å². The van der Waals surface area contributed by atoms with Gasteiger partial charge >= 0.3 is 0 Å². The zero-order chi connectivity index (χ0) is 87.6. The molecule has 0 spiro atoms. The lowest BCUT2D eigenvalue weighted by Gasteiger charge is -2.51. The lowest BCUT2D eigenvalue weighted by atomic mass is 9.93. The molecule has 0 aromatic carbocycles. The summed E-state index contributed by atoms with van der Waals surface area (Å²) < 4.78 is 72.1. The lowest BCUT2D eigenvalue weighted by molar-refractivity contribution is -0.397. The van der Waals surface area contributed by atoms with Gasteiger partial charge < -0.3 is 165 Å². The highest BCUT2D eigenvalue weighted by Gasteiger charge is 2.59.